The Morgan fingerprint density at radius 1 is 0.939 bits per heavy atom. The summed E-state index contributed by atoms with van der Waals surface area (Å²) in [6, 6.07) is 15.0. The van der Waals surface area contributed by atoms with Crippen LogP contribution in [0.3, 0.4) is 0 Å². The van der Waals surface area contributed by atoms with Crippen LogP contribution in [0, 0.1) is 20.8 Å². The van der Waals surface area contributed by atoms with Gasteiger partial charge in [-0.05, 0) is 68.3 Å². The highest BCUT2D eigenvalue weighted by Crippen LogP contribution is 2.33. The summed E-state index contributed by atoms with van der Waals surface area (Å²) in [4.78, 5) is 12.7. The minimum Gasteiger partial charge on any atom is -0.324 e. The van der Waals surface area contributed by atoms with Crippen LogP contribution in [-0.2, 0) is 21.0 Å². The van der Waals surface area contributed by atoms with Crippen molar-refractivity contribution in [2.75, 3.05) is 16.2 Å². The molecule has 1 amide bonds. The van der Waals surface area contributed by atoms with Crippen molar-refractivity contribution in [2.45, 2.75) is 31.8 Å². The summed E-state index contributed by atoms with van der Waals surface area (Å²) in [7, 11) is -4.33. The molecule has 0 atom stereocenters. The molecular formula is C24H23F3N2O3S. The van der Waals surface area contributed by atoms with E-state index in [9.17, 15) is 26.4 Å². The first-order valence-corrected chi connectivity index (χ1v) is 11.5. The third kappa shape index (κ3) is 5.54. The first kappa shape index (κ1) is 24.3. The Kier molecular flexibility index (Phi) is 6.83. The molecule has 0 saturated carbocycles. The summed E-state index contributed by atoms with van der Waals surface area (Å²) in [5.41, 5.74) is 1.76. The van der Waals surface area contributed by atoms with Crippen LogP contribution < -0.4 is 9.62 Å². The van der Waals surface area contributed by atoms with Crippen LogP contribution in [-0.4, -0.2) is 20.9 Å². The fourth-order valence-corrected chi connectivity index (χ4v) is 4.61. The number of halogens is 3. The van der Waals surface area contributed by atoms with E-state index in [1.807, 2.05) is 13.0 Å². The molecule has 0 bridgehead atoms. The molecule has 0 unspecified atom stereocenters. The molecule has 0 aliphatic rings. The van der Waals surface area contributed by atoms with E-state index in [1.165, 1.54) is 18.2 Å². The molecule has 9 heteroatoms. The molecule has 0 fully saturated rings. The fraction of sp³-hybridized carbons (Fsp3) is 0.208. The Morgan fingerprint density at radius 2 is 1.58 bits per heavy atom. The number of sulfonamides is 1. The summed E-state index contributed by atoms with van der Waals surface area (Å²) < 4.78 is 67.3. The lowest BCUT2D eigenvalue weighted by Crippen LogP contribution is -2.38. The molecule has 3 aromatic rings. The van der Waals surface area contributed by atoms with E-state index in [0.29, 0.717) is 9.99 Å². The third-order valence-corrected chi connectivity index (χ3v) is 7.02. The molecule has 33 heavy (non-hydrogen) atoms. The maximum Gasteiger partial charge on any atom is 0.416 e. The largest absolute Gasteiger partial charge is 0.416 e. The second-order valence-corrected chi connectivity index (χ2v) is 9.53. The monoisotopic (exact) mass is 476 g/mol. The zero-order valence-electron chi connectivity index (χ0n) is 18.3. The van der Waals surface area contributed by atoms with Crippen molar-refractivity contribution >= 4 is 27.3 Å². The molecular weight excluding hydrogens is 453 g/mol. The highest BCUT2D eigenvalue weighted by molar-refractivity contribution is 7.92. The number of hydrogen-bond donors (Lipinski definition) is 1. The number of nitrogens with zero attached hydrogens (tertiary/aromatic N) is 1. The molecule has 3 rings (SSSR count). The Bertz CT molecular complexity index is 1270. The van der Waals surface area contributed by atoms with Crippen molar-refractivity contribution in [3.8, 4) is 0 Å². The van der Waals surface area contributed by atoms with E-state index < -0.39 is 34.2 Å². The van der Waals surface area contributed by atoms with E-state index in [0.717, 1.165) is 34.9 Å². The van der Waals surface area contributed by atoms with Crippen molar-refractivity contribution < 1.29 is 26.4 Å². The number of rotatable bonds is 6. The molecule has 0 aliphatic heterocycles. The number of carbonyl (C=O) groups is 1. The topological polar surface area (TPSA) is 66.5 Å². The van der Waals surface area contributed by atoms with Crippen molar-refractivity contribution in [2.24, 2.45) is 0 Å². The Labute approximate surface area is 190 Å². The van der Waals surface area contributed by atoms with Crippen molar-refractivity contribution in [1.82, 2.24) is 0 Å². The zero-order valence-corrected chi connectivity index (χ0v) is 19.1. The smallest absolute Gasteiger partial charge is 0.324 e. The van der Waals surface area contributed by atoms with Gasteiger partial charge in [-0.25, -0.2) is 8.42 Å². The number of nitrogens with one attached hydrogen (secondary N) is 1. The Morgan fingerprint density at radius 3 is 2.21 bits per heavy atom. The van der Waals surface area contributed by atoms with Gasteiger partial charge in [-0.15, -0.1) is 0 Å². The minimum absolute atomic E-state index is 0.134. The Balaban J connectivity index is 2.03. The van der Waals surface area contributed by atoms with Gasteiger partial charge in [0, 0.05) is 5.69 Å². The molecule has 0 heterocycles. The highest BCUT2D eigenvalue weighted by atomic mass is 32.2. The summed E-state index contributed by atoms with van der Waals surface area (Å²) >= 11 is 0. The van der Waals surface area contributed by atoms with Gasteiger partial charge in [0.2, 0.25) is 5.91 Å². The molecule has 174 valence electrons. The fourth-order valence-electron chi connectivity index (χ4n) is 3.20. The van der Waals surface area contributed by atoms with Gasteiger partial charge in [-0.2, -0.15) is 13.2 Å². The van der Waals surface area contributed by atoms with Crippen LogP contribution in [0.2, 0.25) is 0 Å². The number of carbonyl (C=O) groups excluding carboxylic acids is 1. The van der Waals surface area contributed by atoms with Gasteiger partial charge in [0.05, 0.1) is 16.1 Å². The summed E-state index contributed by atoms with van der Waals surface area (Å²) in [5.74, 6) is -0.684. The van der Waals surface area contributed by atoms with Gasteiger partial charge in [-0.1, -0.05) is 35.9 Å². The van der Waals surface area contributed by atoms with Crippen LogP contribution in [0.4, 0.5) is 24.5 Å². The number of alkyl halides is 3. The van der Waals surface area contributed by atoms with E-state index >= 15 is 0 Å². The lowest BCUT2D eigenvalue weighted by Gasteiger charge is -2.25. The van der Waals surface area contributed by atoms with Gasteiger partial charge < -0.3 is 5.32 Å². The lowest BCUT2D eigenvalue weighted by atomic mass is 10.1. The van der Waals surface area contributed by atoms with Gasteiger partial charge in [0.25, 0.3) is 10.0 Å². The first-order chi connectivity index (χ1) is 15.4. The molecule has 3 aromatic carbocycles. The lowest BCUT2D eigenvalue weighted by molar-refractivity contribution is -0.137. The van der Waals surface area contributed by atoms with Crippen molar-refractivity contribution in [3.05, 3.63) is 89.0 Å². The van der Waals surface area contributed by atoms with Crippen LogP contribution in [0.15, 0.2) is 71.6 Å². The van der Waals surface area contributed by atoms with Gasteiger partial charge in [0.15, 0.2) is 0 Å². The normalized spacial score (nSPS) is 11.8. The minimum atomic E-state index is -4.67. The second kappa shape index (κ2) is 9.27. The molecule has 1 N–H and O–H groups in total. The number of hydrogen-bond acceptors (Lipinski definition) is 3. The number of benzene rings is 3. The average Bonchev–Trinajstić information content (AvgIpc) is 2.75. The molecule has 0 spiro atoms. The van der Waals surface area contributed by atoms with E-state index in [-0.39, 0.29) is 10.6 Å². The average molecular weight is 477 g/mol. The standard InChI is InChI=1S/C24H23F3N2O3S/c1-16-10-12-21(13-11-16)33(31,32)29(20-8-5-7-19(14-20)24(25,26)27)15-23(30)28-22-9-4-6-17(2)18(22)3/h4-14H,15H2,1-3H3,(H,28,30). The number of aryl methyl sites for hydroxylation is 2. The highest BCUT2D eigenvalue weighted by Gasteiger charge is 2.33. The molecule has 0 aromatic heterocycles. The molecule has 0 radical (unpaired) electrons. The van der Waals surface area contributed by atoms with E-state index in [2.05, 4.69) is 5.32 Å². The summed E-state index contributed by atoms with van der Waals surface area (Å²) in [6.45, 7) is 4.74. The van der Waals surface area contributed by atoms with Crippen LogP contribution in [0.25, 0.3) is 0 Å². The van der Waals surface area contributed by atoms with Crippen LogP contribution in [0.1, 0.15) is 22.3 Å². The zero-order chi connectivity index (χ0) is 24.4. The summed E-state index contributed by atoms with van der Waals surface area (Å²) in [6.07, 6.45) is -4.67. The third-order valence-electron chi connectivity index (χ3n) is 5.24. The van der Waals surface area contributed by atoms with E-state index in [1.54, 1.807) is 38.1 Å². The number of amides is 1. The van der Waals surface area contributed by atoms with E-state index in [4.69, 9.17) is 0 Å². The summed E-state index contributed by atoms with van der Waals surface area (Å²) in [5, 5.41) is 2.66. The molecule has 0 aliphatic carbocycles. The Hall–Kier alpha value is -3.33. The van der Waals surface area contributed by atoms with Crippen molar-refractivity contribution in [3.63, 3.8) is 0 Å². The first-order valence-electron chi connectivity index (χ1n) is 10.0. The van der Waals surface area contributed by atoms with Crippen LogP contribution in [0.5, 0.6) is 0 Å². The second-order valence-electron chi connectivity index (χ2n) is 7.67. The van der Waals surface area contributed by atoms with Crippen molar-refractivity contribution in [1.29, 1.82) is 0 Å². The predicted molar refractivity (Wildman–Crippen MR) is 122 cm³/mol. The maximum absolute atomic E-state index is 13.4. The van der Waals surface area contributed by atoms with Gasteiger partial charge >= 0.3 is 6.18 Å². The maximum atomic E-state index is 13.4. The SMILES string of the molecule is Cc1ccc(S(=O)(=O)N(CC(=O)Nc2cccc(C)c2C)c2cccc(C(F)(F)F)c2)cc1. The molecule has 5 nitrogen and oxygen atoms in total. The number of anilines is 2. The predicted octanol–water partition coefficient (Wildman–Crippen LogP) is 5.46. The molecule has 0 saturated heterocycles. The van der Waals surface area contributed by atoms with Gasteiger partial charge in [-0.3, -0.25) is 9.10 Å². The van der Waals surface area contributed by atoms with Gasteiger partial charge in [0.1, 0.15) is 6.54 Å². The van der Waals surface area contributed by atoms with Crippen LogP contribution >= 0.6 is 0 Å². The quantitative estimate of drug-likeness (QED) is 0.514.